The molecule has 2 rings (SSSR count). The average Bonchev–Trinajstić information content (AvgIpc) is 2.59. The Balaban J connectivity index is 2.68. The van der Waals surface area contributed by atoms with Gasteiger partial charge < -0.3 is 9.84 Å². The molecule has 1 N–H and O–H groups in total. The third kappa shape index (κ3) is 4.04. The summed E-state index contributed by atoms with van der Waals surface area (Å²) in [6.07, 6.45) is 0. The van der Waals surface area contributed by atoms with Crippen LogP contribution >= 0.6 is 11.6 Å². The predicted octanol–water partition coefficient (Wildman–Crippen LogP) is 5.23. The van der Waals surface area contributed by atoms with Crippen molar-refractivity contribution in [3.05, 3.63) is 64.7 Å². The molecule has 0 saturated heterocycles. The van der Waals surface area contributed by atoms with Gasteiger partial charge in [0.05, 0.1) is 12.0 Å². The number of nitrogens with zero attached hydrogens (tertiary/aromatic N) is 1. The molecule has 4 nitrogen and oxygen atoms in total. The highest BCUT2D eigenvalue weighted by molar-refractivity contribution is 6.30. The van der Waals surface area contributed by atoms with Gasteiger partial charge in [-0.05, 0) is 41.3 Å². The molecule has 2 unspecified atom stereocenters. The maximum atomic E-state index is 12.5. The Morgan fingerprint density at radius 1 is 1.22 bits per heavy atom. The SMILES string of the molecule is CC(C)C(C(=O)O)(c1ccc(Cl)cc1)C(C#N)c1cccc(OC(F)F)c1. The van der Waals surface area contributed by atoms with E-state index in [-0.39, 0.29) is 11.3 Å². The van der Waals surface area contributed by atoms with Crippen molar-refractivity contribution < 1.29 is 23.4 Å². The van der Waals surface area contributed by atoms with Crippen molar-refractivity contribution in [3.8, 4) is 11.8 Å². The van der Waals surface area contributed by atoms with Crippen molar-refractivity contribution in [1.29, 1.82) is 5.26 Å². The van der Waals surface area contributed by atoms with Gasteiger partial charge in [-0.15, -0.1) is 0 Å². The largest absolute Gasteiger partial charge is 0.481 e. The first kappa shape index (κ1) is 20.7. The van der Waals surface area contributed by atoms with Crippen LogP contribution in [0, 0.1) is 17.2 Å². The maximum absolute atomic E-state index is 12.5. The van der Waals surface area contributed by atoms with E-state index in [4.69, 9.17) is 11.6 Å². The van der Waals surface area contributed by atoms with Crippen LogP contribution in [-0.2, 0) is 10.2 Å². The molecular formula is C20H18ClF2NO3. The molecule has 0 aromatic heterocycles. The van der Waals surface area contributed by atoms with Crippen molar-refractivity contribution in [2.45, 2.75) is 31.8 Å². The summed E-state index contributed by atoms with van der Waals surface area (Å²) >= 11 is 5.92. The molecule has 0 amide bonds. The molecule has 142 valence electrons. The van der Waals surface area contributed by atoms with Crippen LogP contribution in [0.3, 0.4) is 0 Å². The van der Waals surface area contributed by atoms with Gasteiger partial charge in [0.15, 0.2) is 0 Å². The second-order valence-corrected chi connectivity index (χ2v) is 6.79. The molecule has 0 aliphatic rings. The number of rotatable bonds is 7. The average molecular weight is 394 g/mol. The lowest BCUT2D eigenvalue weighted by atomic mass is 9.62. The predicted molar refractivity (Wildman–Crippen MR) is 97.0 cm³/mol. The summed E-state index contributed by atoms with van der Waals surface area (Å²) in [6.45, 7) is 0.380. The molecule has 27 heavy (non-hydrogen) atoms. The van der Waals surface area contributed by atoms with Crippen molar-refractivity contribution >= 4 is 17.6 Å². The van der Waals surface area contributed by atoms with Gasteiger partial charge in [0.2, 0.25) is 0 Å². The van der Waals surface area contributed by atoms with Gasteiger partial charge in [-0.2, -0.15) is 14.0 Å². The number of halogens is 3. The molecule has 7 heteroatoms. The fourth-order valence-electron chi connectivity index (χ4n) is 3.36. The van der Waals surface area contributed by atoms with Crippen LogP contribution in [0.5, 0.6) is 5.75 Å². The fourth-order valence-corrected chi connectivity index (χ4v) is 3.49. The molecular weight excluding hydrogens is 376 g/mol. The van der Waals surface area contributed by atoms with Crippen LogP contribution in [-0.4, -0.2) is 17.7 Å². The molecule has 2 aromatic rings. The van der Waals surface area contributed by atoms with E-state index in [1.807, 2.05) is 0 Å². The summed E-state index contributed by atoms with van der Waals surface area (Å²) in [7, 11) is 0. The molecule has 0 heterocycles. The Kier molecular flexibility index (Phi) is 6.40. The molecule has 0 aliphatic carbocycles. The van der Waals surface area contributed by atoms with Gasteiger partial charge in [-0.3, -0.25) is 4.79 Å². The highest BCUT2D eigenvalue weighted by Gasteiger charge is 2.51. The standard InChI is InChI=1S/C20H18ClF2NO3/c1-12(2)20(18(25)26,14-6-8-15(21)9-7-14)17(11-24)13-4-3-5-16(10-13)27-19(22)23/h3-10,12,17,19H,1-2H3,(H,25,26). The molecule has 0 fully saturated rings. The molecule has 0 spiro atoms. The lowest BCUT2D eigenvalue weighted by molar-refractivity contribution is -0.146. The Bertz CT molecular complexity index is 849. The van der Waals surface area contributed by atoms with Gasteiger partial charge in [-0.1, -0.05) is 49.7 Å². The second-order valence-electron chi connectivity index (χ2n) is 6.35. The zero-order valence-electron chi connectivity index (χ0n) is 14.7. The van der Waals surface area contributed by atoms with Crippen LogP contribution in [0.4, 0.5) is 8.78 Å². The fraction of sp³-hybridized carbons (Fsp3) is 0.300. The van der Waals surface area contributed by atoms with E-state index >= 15 is 0 Å². The van der Waals surface area contributed by atoms with Crippen LogP contribution in [0.2, 0.25) is 5.02 Å². The summed E-state index contributed by atoms with van der Waals surface area (Å²) in [4.78, 5) is 12.4. The first-order valence-corrected chi connectivity index (χ1v) is 8.55. The summed E-state index contributed by atoms with van der Waals surface area (Å²) in [5, 5.41) is 20.5. The van der Waals surface area contributed by atoms with Gasteiger partial charge >= 0.3 is 12.6 Å². The van der Waals surface area contributed by atoms with Crippen molar-refractivity contribution in [1.82, 2.24) is 0 Å². The summed E-state index contributed by atoms with van der Waals surface area (Å²) in [6, 6.07) is 13.9. The summed E-state index contributed by atoms with van der Waals surface area (Å²) < 4.78 is 29.5. The number of hydrogen-bond acceptors (Lipinski definition) is 3. The first-order valence-electron chi connectivity index (χ1n) is 8.17. The van der Waals surface area contributed by atoms with Crippen molar-refractivity contribution in [2.75, 3.05) is 0 Å². The smallest absolute Gasteiger partial charge is 0.387 e. The molecule has 0 bridgehead atoms. The molecule has 0 saturated carbocycles. The molecule has 0 aliphatic heterocycles. The zero-order valence-corrected chi connectivity index (χ0v) is 15.5. The topological polar surface area (TPSA) is 70.3 Å². The normalized spacial score (nSPS) is 14.4. The summed E-state index contributed by atoms with van der Waals surface area (Å²) in [5.74, 6) is -2.95. The number of alkyl halides is 2. The van der Waals surface area contributed by atoms with Gasteiger partial charge in [0.1, 0.15) is 11.2 Å². The van der Waals surface area contributed by atoms with E-state index in [1.165, 1.54) is 24.3 Å². The lowest BCUT2D eigenvalue weighted by Gasteiger charge is -2.38. The molecule has 2 atom stereocenters. The van der Waals surface area contributed by atoms with Gasteiger partial charge in [0.25, 0.3) is 0 Å². The van der Waals surface area contributed by atoms with Crippen molar-refractivity contribution in [3.63, 3.8) is 0 Å². The number of ether oxygens (including phenoxy) is 1. The highest BCUT2D eigenvalue weighted by atomic mass is 35.5. The van der Waals surface area contributed by atoms with E-state index < -0.39 is 29.8 Å². The number of aliphatic carboxylic acids is 1. The lowest BCUT2D eigenvalue weighted by Crippen LogP contribution is -2.46. The minimum Gasteiger partial charge on any atom is -0.481 e. The minimum absolute atomic E-state index is 0.137. The Labute approximate surface area is 161 Å². The highest BCUT2D eigenvalue weighted by Crippen LogP contribution is 2.46. The maximum Gasteiger partial charge on any atom is 0.387 e. The van der Waals surface area contributed by atoms with E-state index in [0.717, 1.165) is 0 Å². The van der Waals surface area contributed by atoms with Crippen LogP contribution < -0.4 is 4.74 Å². The number of carbonyl (C=O) groups is 1. The number of hydrogen-bond donors (Lipinski definition) is 1. The number of nitriles is 1. The zero-order chi connectivity index (χ0) is 20.2. The second kappa shape index (κ2) is 8.36. The monoisotopic (exact) mass is 393 g/mol. The van der Waals surface area contributed by atoms with Crippen LogP contribution in [0.1, 0.15) is 30.9 Å². The number of carboxylic acids is 1. The van der Waals surface area contributed by atoms with Gasteiger partial charge in [-0.25, -0.2) is 0 Å². The van der Waals surface area contributed by atoms with Crippen LogP contribution in [0.25, 0.3) is 0 Å². The van der Waals surface area contributed by atoms with E-state index in [9.17, 15) is 23.9 Å². The Hall–Kier alpha value is -2.65. The minimum atomic E-state index is -3.02. The number of benzene rings is 2. The molecule has 2 aromatic carbocycles. The Morgan fingerprint density at radius 3 is 2.33 bits per heavy atom. The Morgan fingerprint density at radius 2 is 1.85 bits per heavy atom. The van der Waals surface area contributed by atoms with E-state index in [0.29, 0.717) is 10.6 Å². The summed E-state index contributed by atoms with van der Waals surface area (Å²) in [5.41, 5.74) is -0.925. The van der Waals surface area contributed by atoms with Crippen LogP contribution in [0.15, 0.2) is 48.5 Å². The number of carboxylic acid groups (broad SMARTS) is 1. The van der Waals surface area contributed by atoms with Crippen molar-refractivity contribution in [2.24, 2.45) is 5.92 Å². The first-order chi connectivity index (χ1) is 12.7. The van der Waals surface area contributed by atoms with E-state index in [1.54, 1.807) is 38.1 Å². The molecule has 0 radical (unpaired) electrons. The quantitative estimate of drug-likeness (QED) is 0.699. The van der Waals surface area contributed by atoms with Gasteiger partial charge in [0, 0.05) is 5.02 Å². The third-order valence-corrected chi connectivity index (χ3v) is 4.84. The third-order valence-electron chi connectivity index (χ3n) is 4.59. The van der Waals surface area contributed by atoms with E-state index in [2.05, 4.69) is 10.8 Å².